The average molecular weight is 285 g/mol. The number of aliphatic hydroxyl groups excluding tert-OH is 1. The van der Waals surface area contributed by atoms with Crippen LogP contribution >= 0.6 is 0 Å². The Morgan fingerprint density at radius 3 is 2.33 bits per heavy atom. The molecule has 2 heteroatoms. The second kappa shape index (κ2) is 6.17. The molecule has 0 amide bonds. The normalized spacial score (nSPS) is 15.4. The van der Waals surface area contributed by atoms with Gasteiger partial charge in [0.2, 0.25) is 0 Å². The minimum Gasteiger partial charge on any atom is -0.387 e. The smallest absolute Gasteiger partial charge is 0.0922 e. The van der Waals surface area contributed by atoms with E-state index in [0.29, 0.717) is 12.6 Å². The molecule has 0 bridgehead atoms. The van der Waals surface area contributed by atoms with Crippen molar-refractivity contribution in [2.24, 2.45) is 5.41 Å². The Bertz CT molecular complexity index is 595. The molecule has 0 fully saturated rings. The van der Waals surface area contributed by atoms with E-state index in [1.807, 2.05) is 24.3 Å². The lowest BCUT2D eigenvalue weighted by molar-refractivity contribution is 0.0722. The van der Waals surface area contributed by atoms with Gasteiger partial charge in [0.15, 0.2) is 0 Å². The predicted octanol–water partition coefficient (Wildman–Crippen LogP) is 4.24. The number of aliphatic hydroxyl groups is 1. The van der Waals surface area contributed by atoms with Crippen LogP contribution in [0.4, 0.5) is 0 Å². The van der Waals surface area contributed by atoms with Crippen LogP contribution in [0.2, 0.25) is 0 Å². The fraction of sp³-hybridized carbons (Fsp3) is 0.474. The topological polar surface area (TPSA) is 23.5 Å². The van der Waals surface area contributed by atoms with E-state index in [9.17, 15) is 5.11 Å². The summed E-state index contributed by atoms with van der Waals surface area (Å²) < 4.78 is 0. The second-order valence-corrected chi connectivity index (χ2v) is 7.07. The summed E-state index contributed by atoms with van der Waals surface area (Å²) in [5.74, 6) is 0. The molecule has 0 aliphatic carbocycles. The predicted molar refractivity (Wildman–Crippen MR) is 90.5 cm³/mol. The van der Waals surface area contributed by atoms with Gasteiger partial charge in [0.1, 0.15) is 0 Å². The molecule has 0 aromatic heterocycles. The molecule has 2 rings (SSSR count). The van der Waals surface area contributed by atoms with E-state index in [1.165, 1.54) is 5.39 Å². The van der Waals surface area contributed by atoms with Gasteiger partial charge in [-0.05, 0) is 35.7 Å². The molecule has 2 atom stereocenters. The highest BCUT2D eigenvalue weighted by Gasteiger charge is 2.25. The van der Waals surface area contributed by atoms with Crippen molar-refractivity contribution in [3.05, 3.63) is 48.0 Å². The van der Waals surface area contributed by atoms with E-state index in [1.54, 1.807) is 0 Å². The number of benzene rings is 2. The zero-order valence-corrected chi connectivity index (χ0v) is 13.8. The average Bonchev–Trinajstić information content (AvgIpc) is 2.44. The lowest BCUT2D eigenvalue weighted by Gasteiger charge is -2.36. The van der Waals surface area contributed by atoms with Gasteiger partial charge in [-0.15, -0.1) is 0 Å². The van der Waals surface area contributed by atoms with Crippen LogP contribution in [0.1, 0.15) is 39.4 Å². The molecule has 0 aliphatic heterocycles. The van der Waals surface area contributed by atoms with Crippen molar-refractivity contribution in [3.63, 3.8) is 0 Å². The molecular weight excluding hydrogens is 258 g/mol. The van der Waals surface area contributed by atoms with Crippen LogP contribution < -0.4 is 0 Å². The minimum atomic E-state index is -0.467. The highest BCUT2D eigenvalue weighted by molar-refractivity contribution is 5.85. The Morgan fingerprint density at radius 1 is 1.05 bits per heavy atom. The van der Waals surface area contributed by atoms with Crippen LogP contribution in [0.5, 0.6) is 0 Å². The summed E-state index contributed by atoms with van der Waals surface area (Å²) >= 11 is 0. The Kier molecular flexibility index (Phi) is 4.70. The summed E-state index contributed by atoms with van der Waals surface area (Å²) in [6, 6.07) is 14.8. The highest BCUT2D eigenvalue weighted by atomic mass is 16.3. The minimum absolute atomic E-state index is 0.202. The summed E-state index contributed by atoms with van der Waals surface area (Å²) in [6.45, 7) is 9.57. The number of rotatable bonds is 4. The zero-order chi connectivity index (χ0) is 15.6. The number of hydrogen-bond donors (Lipinski definition) is 1. The van der Waals surface area contributed by atoms with Crippen molar-refractivity contribution < 1.29 is 5.11 Å². The fourth-order valence-electron chi connectivity index (χ4n) is 2.73. The molecule has 0 radical (unpaired) electrons. The summed E-state index contributed by atoms with van der Waals surface area (Å²) in [6.07, 6.45) is -0.467. The van der Waals surface area contributed by atoms with Gasteiger partial charge in [0.05, 0.1) is 6.10 Å². The van der Waals surface area contributed by atoms with Crippen LogP contribution in [0.25, 0.3) is 10.8 Å². The summed E-state index contributed by atoms with van der Waals surface area (Å²) in [7, 11) is 2.09. The third kappa shape index (κ3) is 3.63. The van der Waals surface area contributed by atoms with Gasteiger partial charge in [-0.2, -0.15) is 0 Å². The Labute approximate surface area is 128 Å². The summed E-state index contributed by atoms with van der Waals surface area (Å²) in [5.41, 5.74) is 1.22. The Balaban J connectivity index is 2.21. The van der Waals surface area contributed by atoms with Gasteiger partial charge in [0.25, 0.3) is 0 Å². The first-order chi connectivity index (χ1) is 9.80. The van der Waals surface area contributed by atoms with Crippen molar-refractivity contribution in [1.82, 2.24) is 4.90 Å². The highest BCUT2D eigenvalue weighted by Crippen LogP contribution is 2.28. The van der Waals surface area contributed by atoms with E-state index in [-0.39, 0.29) is 5.41 Å². The molecule has 0 aliphatic rings. The Hall–Kier alpha value is -1.38. The SMILES string of the molecule is CC(N(C)CC(O)c1cccc2ccccc12)C(C)(C)C. The molecule has 0 heterocycles. The van der Waals surface area contributed by atoms with Crippen LogP contribution in [-0.2, 0) is 0 Å². The lowest BCUT2D eigenvalue weighted by atomic mass is 9.87. The standard InChI is InChI=1S/C19H27NO/c1-14(19(2,3)4)20(5)13-18(21)17-12-8-10-15-9-6-7-11-16(15)17/h6-12,14,18,21H,13H2,1-5H3. The van der Waals surface area contributed by atoms with Crippen LogP contribution in [0.15, 0.2) is 42.5 Å². The summed E-state index contributed by atoms with van der Waals surface area (Å²) in [5, 5.41) is 13.0. The lowest BCUT2D eigenvalue weighted by Crippen LogP contribution is -2.41. The molecule has 2 nitrogen and oxygen atoms in total. The van der Waals surface area contributed by atoms with E-state index in [2.05, 4.69) is 57.8 Å². The monoisotopic (exact) mass is 285 g/mol. The quantitative estimate of drug-likeness (QED) is 0.908. The molecule has 2 unspecified atom stereocenters. The third-order valence-corrected chi connectivity index (χ3v) is 4.56. The molecule has 2 aromatic carbocycles. The van der Waals surface area contributed by atoms with Gasteiger partial charge in [0, 0.05) is 12.6 Å². The molecule has 0 spiro atoms. The second-order valence-electron chi connectivity index (χ2n) is 7.07. The van der Waals surface area contributed by atoms with Crippen LogP contribution in [0, 0.1) is 5.41 Å². The molecule has 0 saturated carbocycles. The molecule has 1 N–H and O–H groups in total. The summed E-state index contributed by atoms with van der Waals surface area (Å²) in [4.78, 5) is 2.24. The molecule has 21 heavy (non-hydrogen) atoms. The maximum Gasteiger partial charge on any atom is 0.0922 e. The van der Waals surface area contributed by atoms with E-state index in [4.69, 9.17) is 0 Å². The van der Waals surface area contributed by atoms with Gasteiger partial charge >= 0.3 is 0 Å². The molecule has 2 aromatic rings. The number of nitrogens with zero attached hydrogens (tertiary/aromatic N) is 1. The first-order valence-corrected chi connectivity index (χ1v) is 7.66. The van der Waals surface area contributed by atoms with Crippen LogP contribution in [0.3, 0.4) is 0 Å². The van der Waals surface area contributed by atoms with Crippen molar-refractivity contribution in [3.8, 4) is 0 Å². The Morgan fingerprint density at radius 2 is 1.67 bits per heavy atom. The zero-order valence-electron chi connectivity index (χ0n) is 13.8. The number of fused-ring (bicyclic) bond motifs is 1. The molecular formula is C19H27NO. The van der Waals surface area contributed by atoms with E-state index < -0.39 is 6.10 Å². The number of hydrogen-bond acceptors (Lipinski definition) is 2. The van der Waals surface area contributed by atoms with Gasteiger partial charge in [-0.1, -0.05) is 63.2 Å². The fourth-order valence-corrected chi connectivity index (χ4v) is 2.73. The number of likely N-dealkylation sites (N-methyl/N-ethyl adjacent to an activating group) is 1. The molecule has 114 valence electrons. The molecule has 0 saturated heterocycles. The van der Waals surface area contributed by atoms with Crippen molar-refractivity contribution in [2.45, 2.75) is 39.8 Å². The first kappa shape index (κ1) is 16.0. The third-order valence-electron chi connectivity index (χ3n) is 4.56. The van der Waals surface area contributed by atoms with Crippen LogP contribution in [-0.4, -0.2) is 29.6 Å². The first-order valence-electron chi connectivity index (χ1n) is 7.66. The van der Waals surface area contributed by atoms with Crippen molar-refractivity contribution >= 4 is 10.8 Å². The van der Waals surface area contributed by atoms with Gasteiger partial charge in [-0.25, -0.2) is 0 Å². The van der Waals surface area contributed by atoms with Gasteiger partial charge < -0.3 is 10.0 Å². The largest absolute Gasteiger partial charge is 0.387 e. The maximum absolute atomic E-state index is 10.7. The van der Waals surface area contributed by atoms with E-state index >= 15 is 0 Å². The maximum atomic E-state index is 10.7. The van der Waals surface area contributed by atoms with Crippen molar-refractivity contribution in [1.29, 1.82) is 0 Å². The van der Waals surface area contributed by atoms with E-state index in [0.717, 1.165) is 10.9 Å². The van der Waals surface area contributed by atoms with Gasteiger partial charge in [-0.3, -0.25) is 0 Å². The van der Waals surface area contributed by atoms with Crippen molar-refractivity contribution in [2.75, 3.05) is 13.6 Å².